The summed E-state index contributed by atoms with van der Waals surface area (Å²) in [6, 6.07) is 4.45. The van der Waals surface area contributed by atoms with Crippen molar-refractivity contribution in [1.29, 1.82) is 0 Å². The molecule has 198 valence electrons. The first-order valence-corrected chi connectivity index (χ1v) is 13.3. The van der Waals surface area contributed by atoms with Gasteiger partial charge in [0.05, 0.1) is 12.2 Å². The molecule has 2 amide bonds. The van der Waals surface area contributed by atoms with Crippen molar-refractivity contribution in [3.05, 3.63) is 41.9 Å². The number of halogens is 1. The van der Waals surface area contributed by atoms with Crippen LogP contribution in [-0.4, -0.2) is 60.9 Å². The van der Waals surface area contributed by atoms with Crippen LogP contribution in [0.4, 0.5) is 14.9 Å². The first kappa shape index (κ1) is 26.5. The van der Waals surface area contributed by atoms with E-state index in [9.17, 15) is 14.0 Å². The minimum Gasteiger partial charge on any atom is -0.436 e. The number of hydrogen-bond acceptors (Lipinski definition) is 5. The van der Waals surface area contributed by atoms with E-state index in [-0.39, 0.29) is 30.0 Å². The summed E-state index contributed by atoms with van der Waals surface area (Å²) in [7, 11) is 0. The summed E-state index contributed by atoms with van der Waals surface area (Å²) in [6.45, 7) is 11.4. The van der Waals surface area contributed by atoms with Crippen LogP contribution in [0.25, 0.3) is 0 Å². The van der Waals surface area contributed by atoms with E-state index < -0.39 is 12.2 Å². The van der Waals surface area contributed by atoms with Gasteiger partial charge in [-0.05, 0) is 56.9 Å². The molecule has 2 heterocycles. The predicted molar refractivity (Wildman–Crippen MR) is 137 cm³/mol. The van der Waals surface area contributed by atoms with Crippen LogP contribution in [0.3, 0.4) is 0 Å². The molecule has 2 aliphatic heterocycles. The van der Waals surface area contributed by atoms with Gasteiger partial charge in [0.1, 0.15) is 5.82 Å². The van der Waals surface area contributed by atoms with Gasteiger partial charge in [-0.3, -0.25) is 4.79 Å². The van der Waals surface area contributed by atoms with Crippen LogP contribution >= 0.6 is 0 Å². The molecule has 0 bridgehead atoms. The molecule has 0 spiro atoms. The van der Waals surface area contributed by atoms with E-state index in [1.807, 2.05) is 25.7 Å². The van der Waals surface area contributed by atoms with Crippen molar-refractivity contribution in [3.63, 3.8) is 0 Å². The predicted octanol–water partition coefficient (Wildman–Crippen LogP) is 4.79. The average Bonchev–Trinajstić information content (AvgIpc) is 3.11. The van der Waals surface area contributed by atoms with Crippen LogP contribution in [-0.2, 0) is 20.7 Å². The van der Waals surface area contributed by atoms with Crippen molar-refractivity contribution in [1.82, 2.24) is 10.2 Å². The first-order chi connectivity index (χ1) is 17.2. The fraction of sp³-hybridized carbons (Fsp3) is 0.643. The molecule has 1 aromatic carbocycles. The second-order valence-corrected chi connectivity index (χ2v) is 10.8. The molecular weight excluding hydrogens is 461 g/mol. The van der Waals surface area contributed by atoms with Crippen LogP contribution < -0.4 is 10.2 Å². The smallest absolute Gasteiger partial charge is 0.408 e. The maximum Gasteiger partial charge on any atom is 0.408 e. The molecule has 1 N–H and O–H groups in total. The molecule has 36 heavy (non-hydrogen) atoms. The lowest BCUT2D eigenvalue weighted by Crippen LogP contribution is -2.53. The number of morpholine rings is 1. The maximum absolute atomic E-state index is 13.6. The number of nitrogens with one attached hydrogen (secondary N) is 1. The van der Waals surface area contributed by atoms with Gasteiger partial charge >= 0.3 is 6.09 Å². The summed E-state index contributed by atoms with van der Waals surface area (Å²) < 4.78 is 25.2. The average molecular weight is 502 g/mol. The zero-order valence-electron chi connectivity index (χ0n) is 21.8. The molecule has 2 fully saturated rings. The van der Waals surface area contributed by atoms with E-state index in [1.54, 1.807) is 11.0 Å². The highest BCUT2D eigenvalue weighted by Gasteiger charge is 2.35. The fourth-order valence-electron chi connectivity index (χ4n) is 5.84. The molecule has 1 saturated carbocycles. The third kappa shape index (κ3) is 6.58. The van der Waals surface area contributed by atoms with Crippen molar-refractivity contribution in [2.24, 2.45) is 5.92 Å². The molecule has 3 aliphatic rings. The first-order valence-electron chi connectivity index (χ1n) is 13.3. The summed E-state index contributed by atoms with van der Waals surface area (Å²) >= 11 is 0. The van der Waals surface area contributed by atoms with Crippen molar-refractivity contribution in [2.75, 3.05) is 24.5 Å². The number of hydrogen-bond donors (Lipinski definition) is 1. The summed E-state index contributed by atoms with van der Waals surface area (Å²) in [5.41, 5.74) is 2.66. The molecule has 1 saturated heterocycles. The Morgan fingerprint density at radius 3 is 2.58 bits per heavy atom. The van der Waals surface area contributed by atoms with Crippen LogP contribution in [0.5, 0.6) is 0 Å². The fourth-order valence-corrected chi connectivity index (χ4v) is 5.84. The normalized spacial score (nSPS) is 24.3. The van der Waals surface area contributed by atoms with Crippen molar-refractivity contribution in [2.45, 2.75) is 90.1 Å². The highest BCUT2D eigenvalue weighted by atomic mass is 19.1. The van der Waals surface area contributed by atoms with Gasteiger partial charge in [-0.15, -0.1) is 0 Å². The third-order valence-electron chi connectivity index (χ3n) is 7.46. The molecule has 0 unspecified atom stereocenters. The Morgan fingerprint density at radius 2 is 1.89 bits per heavy atom. The number of nitrogens with zero attached hydrogens (tertiary/aromatic N) is 2. The standard InChI is InChI=1S/C28H40FN3O4/c1-18(15-32-19(2)12-23-14-24(29)10-11-25(23)32)30-28(34)36-26(13-22-8-6-5-7-9-22)27(33)31-16-20(3)35-21(4)17-31/h10-11,14,18,20-22,26H,2,5-9,12-13,15-17H2,1,3-4H3,(H,30,34)/t18-,20-,21+,26-/m0/s1. The molecule has 7 nitrogen and oxygen atoms in total. The van der Waals surface area contributed by atoms with E-state index in [1.165, 1.54) is 18.6 Å². The number of allylic oxidation sites excluding steroid dienone is 1. The van der Waals surface area contributed by atoms with Crippen molar-refractivity contribution >= 4 is 17.7 Å². The second kappa shape index (κ2) is 11.6. The number of amides is 2. The Balaban J connectivity index is 1.38. The highest BCUT2D eigenvalue weighted by Crippen LogP contribution is 2.34. The lowest BCUT2D eigenvalue weighted by molar-refractivity contribution is -0.153. The monoisotopic (exact) mass is 501 g/mol. The topological polar surface area (TPSA) is 71.1 Å². The zero-order valence-corrected chi connectivity index (χ0v) is 21.8. The number of alkyl carbamates (subject to hydrolysis) is 1. The Labute approximate surface area is 214 Å². The number of carbonyl (C=O) groups excluding carboxylic acids is 2. The molecule has 4 atom stereocenters. The van der Waals surface area contributed by atoms with Gasteiger partial charge in [-0.2, -0.15) is 0 Å². The van der Waals surface area contributed by atoms with Crippen LogP contribution in [0.2, 0.25) is 0 Å². The lowest BCUT2D eigenvalue weighted by Gasteiger charge is -2.37. The number of fused-ring (bicyclic) bond motifs is 1. The third-order valence-corrected chi connectivity index (χ3v) is 7.46. The largest absolute Gasteiger partial charge is 0.436 e. The lowest BCUT2D eigenvalue weighted by atomic mass is 9.85. The van der Waals surface area contributed by atoms with Gasteiger partial charge in [-0.25, -0.2) is 9.18 Å². The SMILES string of the molecule is C=C1Cc2cc(F)ccc2N1C[C@H](C)NC(=O)O[C@@H](CC1CCCCC1)C(=O)N1C[C@@H](C)O[C@@H](C)C1. The molecule has 0 aromatic heterocycles. The van der Waals surface area contributed by atoms with E-state index in [2.05, 4.69) is 11.9 Å². The molecule has 4 rings (SSSR count). The van der Waals surface area contributed by atoms with Crippen LogP contribution in [0, 0.1) is 11.7 Å². The summed E-state index contributed by atoms with van der Waals surface area (Å²) in [5, 5.41) is 2.90. The number of ether oxygens (including phenoxy) is 2. The van der Waals surface area contributed by atoms with Crippen molar-refractivity contribution < 1.29 is 23.5 Å². The molecule has 0 radical (unpaired) electrons. The van der Waals surface area contributed by atoms with Gasteiger partial charge < -0.3 is 24.6 Å². The number of benzene rings is 1. The Hall–Kier alpha value is -2.61. The molecule has 1 aromatic rings. The Morgan fingerprint density at radius 1 is 1.19 bits per heavy atom. The second-order valence-electron chi connectivity index (χ2n) is 10.8. The molecule has 8 heteroatoms. The van der Waals surface area contributed by atoms with E-state index >= 15 is 0 Å². The maximum atomic E-state index is 13.6. The quantitative estimate of drug-likeness (QED) is 0.582. The van der Waals surface area contributed by atoms with Crippen molar-refractivity contribution in [3.8, 4) is 0 Å². The molecule has 1 aliphatic carbocycles. The van der Waals surface area contributed by atoms with Gasteiger partial charge in [0.15, 0.2) is 6.10 Å². The van der Waals surface area contributed by atoms with E-state index in [4.69, 9.17) is 9.47 Å². The summed E-state index contributed by atoms with van der Waals surface area (Å²) in [6.07, 6.45) is 5.33. The minimum absolute atomic E-state index is 0.0493. The number of rotatable bonds is 7. The van der Waals surface area contributed by atoms with Crippen LogP contribution in [0.1, 0.15) is 64.9 Å². The summed E-state index contributed by atoms with van der Waals surface area (Å²) in [5.74, 6) is -0.0104. The molecular formula is C28H40FN3O4. The van der Waals surface area contributed by atoms with Gasteiger partial charge in [-0.1, -0.05) is 38.7 Å². The Kier molecular flexibility index (Phi) is 8.54. The zero-order chi connectivity index (χ0) is 25.8. The highest BCUT2D eigenvalue weighted by molar-refractivity contribution is 5.83. The number of anilines is 1. The van der Waals surface area contributed by atoms with E-state index in [0.717, 1.165) is 42.6 Å². The van der Waals surface area contributed by atoms with Gasteiger partial charge in [0.25, 0.3) is 5.91 Å². The van der Waals surface area contributed by atoms with E-state index in [0.29, 0.717) is 38.4 Å². The minimum atomic E-state index is -0.803. The summed E-state index contributed by atoms with van der Waals surface area (Å²) in [4.78, 5) is 30.2. The van der Waals surface area contributed by atoms with Gasteiger partial charge in [0.2, 0.25) is 0 Å². The van der Waals surface area contributed by atoms with Crippen LogP contribution in [0.15, 0.2) is 30.5 Å². The van der Waals surface area contributed by atoms with Gasteiger partial charge in [0, 0.05) is 43.5 Å². The number of carbonyl (C=O) groups is 2. The Bertz CT molecular complexity index is 954.